The van der Waals surface area contributed by atoms with Gasteiger partial charge in [-0.05, 0) is 131 Å². The summed E-state index contributed by atoms with van der Waals surface area (Å²) in [6, 6.07) is 0. The maximum absolute atomic E-state index is 12.8. The minimum Gasteiger partial charge on any atom is -0.393 e. The molecule has 0 aromatic heterocycles. The van der Waals surface area contributed by atoms with E-state index >= 15 is 0 Å². The van der Waals surface area contributed by atoms with Crippen molar-refractivity contribution in [3.8, 4) is 0 Å². The Kier molecular flexibility index (Phi) is 22.1. The molecule has 0 aromatic carbocycles. The Labute approximate surface area is 374 Å². The molecule has 0 bridgehead atoms. The highest BCUT2D eigenvalue weighted by molar-refractivity contribution is 7.54. The van der Waals surface area contributed by atoms with E-state index in [1.807, 2.05) is 0 Å². The molecule has 4 aliphatic rings. The molecule has 0 saturated heterocycles. The summed E-state index contributed by atoms with van der Waals surface area (Å²) in [4.78, 5) is 34.8. The third kappa shape index (κ3) is 15.2. The van der Waals surface area contributed by atoms with Gasteiger partial charge in [-0.1, -0.05) is 65.7 Å². The largest absolute Gasteiger partial charge is 0.393 e. The van der Waals surface area contributed by atoms with Gasteiger partial charge in [-0.2, -0.15) is 0 Å². The predicted octanol–water partition coefficient (Wildman–Crippen LogP) is 7.55. The summed E-state index contributed by atoms with van der Waals surface area (Å²) in [7, 11) is -3.67. The van der Waals surface area contributed by atoms with Gasteiger partial charge in [-0.3, -0.25) is 14.2 Å². The molecule has 4 aliphatic carbocycles. The van der Waals surface area contributed by atoms with Gasteiger partial charge in [0.1, 0.15) is 0 Å². The van der Waals surface area contributed by atoms with Crippen LogP contribution in [0.3, 0.4) is 0 Å². The number of ether oxygens (including phenoxy) is 3. The summed E-state index contributed by atoms with van der Waals surface area (Å²) in [5, 5.41) is 39.0. The molecular formula is C48H89N2O11P. The number of hydrogen-bond acceptors (Lipinski definition) is 10. The van der Waals surface area contributed by atoms with Gasteiger partial charge >= 0.3 is 7.60 Å². The molecule has 13 nitrogen and oxygen atoms in total. The minimum absolute atomic E-state index is 0.0496. The van der Waals surface area contributed by atoms with E-state index in [1.165, 1.54) is 25.7 Å². The SMILES string of the molecule is C[C@H](CCC(=O)NCCCCCCCCCCCC(=O)NCCOCCOCCOCCOP(=O)(O)C(C)(C)C)C1CCC2C3C(C[C@H](O)[C@@]21C)[C@@]1(C)CC[C@@H](O)CC1C[C@H]3O. The highest BCUT2D eigenvalue weighted by Crippen LogP contribution is 2.68. The second-order valence-electron chi connectivity index (χ2n) is 21.0. The molecule has 62 heavy (non-hydrogen) atoms. The summed E-state index contributed by atoms with van der Waals surface area (Å²) in [5.74, 6) is 2.02. The quantitative estimate of drug-likeness (QED) is 0.0321. The number of fused-ring (bicyclic) bond motifs is 5. The number of carbonyl (C=O) groups is 2. The third-order valence-corrected chi connectivity index (χ3v) is 18.1. The van der Waals surface area contributed by atoms with E-state index in [1.54, 1.807) is 20.8 Å². The summed E-state index contributed by atoms with van der Waals surface area (Å²) in [6.45, 7) is 15.4. The molecule has 0 aliphatic heterocycles. The van der Waals surface area contributed by atoms with Crippen LogP contribution >= 0.6 is 7.60 Å². The van der Waals surface area contributed by atoms with Crippen LogP contribution in [0.1, 0.15) is 164 Å². The Balaban J connectivity index is 0.918. The monoisotopic (exact) mass is 901 g/mol. The summed E-state index contributed by atoms with van der Waals surface area (Å²) in [6.07, 6.45) is 17.0. The van der Waals surface area contributed by atoms with Crippen LogP contribution in [-0.2, 0) is 32.9 Å². The summed E-state index contributed by atoms with van der Waals surface area (Å²) < 4.78 is 33.4. The van der Waals surface area contributed by atoms with Gasteiger partial charge in [0.05, 0.1) is 69.7 Å². The maximum Gasteiger partial charge on any atom is 0.333 e. The zero-order chi connectivity index (χ0) is 45.4. The smallest absolute Gasteiger partial charge is 0.333 e. The first-order valence-corrected chi connectivity index (χ1v) is 26.3. The standard InChI is InChI=1S/C48H89N2O11P/c1-35(38-18-19-39-45-40(34-42(53)48(38,39)6)47(5)22-21-37(51)32-36(47)33-41(45)52)17-20-44(55)49-23-15-13-11-9-7-8-10-12-14-16-43(54)50-24-25-58-26-27-59-28-29-60-30-31-61-62(56,57)46(2,3)4/h35-42,45,51-53H,7-34H2,1-6H3,(H,49,55)(H,50,54)(H,56,57)/t35-,36?,37-,38?,39?,40?,41-,42+,45?,47+,48-/m1/s1. The van der Waals surface area contributed by atoms with Crippen molar-refractivity contribution in [2.45, 2.75) is 187 Å². The molecule has 0 aromatic rings. The summed E-state index contributed by atoms with van der Waals surface area (Å²) >= 11 is 0. The number of aliphatic hydroxyl groups is 3. The molecule has 4 rings (SSSR count). The van der Waals surface area contributed by atoms with E-state index in [4.69, 9.17) is 18.7 Å². The molecule has 0 radical (unpaired) electrons. The average molecular weight is 901 g/mol. The van der Waals surface area contributed by atoms with Crippen molar-refractivity contribution in [3.63, 3.8) is 0 Å². The van der Waals surface area contributed by atoms with Crippen LogP contribution in [0.2, 0.25) is 0 Å². The van der Waals surface area contributed by atoms with Gasteiger partial charge in [0, 0.05) is 25.9 Å². The van der Waals surface area contributed by atoms with E-state index in [-0.39, 0.29) is 54.0 Å². The number of unbranched alkanes of at least 4 members (excludes halogenated alkanes) is 8. The number of amides is 2. The van der Waals surface area contributed by atoms with Crippen LogP contribution < -0.4 is 10.6 Å². The van der Waals surface area contributed by atoms with Crippen molar-refractivity contribution < 1.29 is 53.1 Å². The predicted molar refractivity (Wildman–Crippen MR) is 243 cm³/mol. The molecule has 0 heterocycles. The topological polar surface area (TPSA) is 193 Å². The van der Waals surface area contributed by atoms with Gasteiger partial charge in [0.2, 0.25) is 11.8 Å². The van der Waals surface area contributed by atoms with Crippen molar-refractivity contribution in [2.24, 2.45) is 46.3 Å². The molecule has 2 amide bonds. The first kappa shape index (κ1) is 53.5. The number of aliphatic hydroxyl groups excluding tert-OH is 3. The zero-order valence-corrected chi connectivity index (χ0v) is 40.5. The number of hydrogen-bond donors (Lipinski definition) is 6. The number of carbonyl (C=O) groups excluding carboxylic acids is 2. The lowest BCUT2D eigenvalue weighted by molar-refractivity contribution is -0.207. The van der Waals surface area contributed by atoms with Crippen molar-refractivity contribution in [1.82, 2.24) is 10.6 Å². The van der Waals surface area contributed by atoms with E-state index in [0.29, 0.717) is 82.0 Å². The minimum atomic E-state index is -3.67. The molecule has 14 heteroatoms. The molecule has 362 valence electrons. The maximum atomic E-state index is 12.8. The van der Waals surface area contributed by atoms with E-state index in [9.17, 15) is 34.4 Å². The van der Waals surface area contributed by atoms with Gasteiger partial charge in [-0.15, -0.1) is 0 Å². The fraction of sp³-hybridized carbons (Fsp3) is 0.958. The molecule has 0 spiro atoms. The van der Waals surface area contributed by atoms with Crippen LogP contribution in [-0.4, -0.2) is 115 Å². The van der Waals surface area contributed by atoms with Crippen molar-refractivity contribution in [3.05, 3.63) is 0 Å². The third-order valence-electron chi connectivity index (χ3n) is 15.9. The lowest BCUT2D eigenvalue weighted by Gasteiger charge is -2.63. The first-order chi connectivity index (χ1) is 29.4. The van der Waals surface area contributed by atoms with Crippen molar-refractivity contribution >= 4 is 19.4 Å². The van der Waals surface area contributed by atoms with Gasteiger partial charge < -0.3 is 49.6 Å². The van der Waals surface area contributed by atoms with E-state index in [2.05, 4.69) is 31.4 Å². The second-order valence-corrected chi connectivity index (χ2v) is 23.7. The highest BCUT2D eigenvalue weighted by atomic mass is 31.2. The normalized spacial score (nSPS) is 32.3. The van der Waals surface area contributed by atoms with Crippen LogP contribution in [0.5, 0.6) is 0 Å². The lowest BCUT2D eigenvalue weighted by atomic mass is 9.43. The molecule has 6 N–H and O–H groups in total. The van der Waals surface area contributed by atoms with Crippen LogP contribution in [0.4, 0.5) is 0 Å². The van der Waals surface area contributed by atoms with Gasteiger partial charge in [0.25, 0.3) is 0 Å². The van der Waals surface area contributed by atoms with Gasteiger partial charge in [-0.25, -0.2) is 0 Å². The Morgan fingerprint density at radius 3 is 1.92 bits per heavy atom. The molecular weight excluding hydrogens is 812 g/mol. The Hall–Kier alpha value is -1.15. The fourth-order valence-corrected chi connectivity index (χ4v) is 12.7. The van der Waals surface area contributed by atoms with Crippen molar-refractivity contribution in [2.75, 3.05) is 59.3 Å². The number of rotatable bonds is 29. The van der Waals surface area contributed by atoms with Crippen LogP contribution in [0.25, 0.3) is 0 Å². The molecule has 12 atom stereocenters. The van der Waals surface area contributed by atoms with E-state index in [0.717, 1.165) is 90.0 Å². The summed E-state index contributed by atoms with van der Waals surface area (Å²) in [5.41, 5.74) is -0.151. The van der Waals surface area contributed by atoms with Gasteiger partial charge in [0.15, 0.2) is 0 Å². The van der Waals surface area contributed by atoms with E-state index < -0.39 is 18.9 Å². The lowest BCUT2D eigenvalue weighted by Crippen LogP contribution is -2.62. The molecule has 4 saturated carbocycles. The Morgan fingerprint density at radius 2 is 1.27 bits per heavy atom. The van der Waals surface area contributed by atoms with Crippen LogP contribution in [0, 0.1) is 46.3 Å². The molecule has 6 unspecified atom stereocenters. The fourth-order valence-electron chi connectivity index (χ4n) is 12.0. The Morgan fingerprint density at radius 1 is 0.710 bits per heavy atom. The van der Waals surface area contributed by atoms with Crippen LogP contribution in [0.15, 0.2) is 0 Å². The molecule has 4 fully saturated rings. The zero-order valence-electron chi connectivity index (χ0n) is 39.6. The van der Waals surface area contributed by atoms with Crippen molar-refractivity contribution in [1.29, 1.82) is 0 Å². The second kappa shape index (κ2) is 25.7. The highest BCUT2D eigenvalue weighted by Gasteiger charge is 2.65. The Bertz CT molecular complexity index is 1380. The first-order valence-electron chi connectivity index (χ1n) is 24.7. The number of nitrogens with one attached hydrogen (secondary N) is 2. The average Bonchev–Trinajstić information content (AvgIpc) is 3.57.